The number of carbonyl (C=O) groups is 2. The Morgan fingerprint density at radius 2 is 1.78 bits per heavy atom. The zero-order chi connectivity index (χ0) is 19.2. The van der Waals surface area contributed by atoms with Gasteiger partial charge in [-0.15, -0.1) is 0 Å². The van der Waals surface area contributed by atoms with Crippen molar-refractivity contribution in [3.05, 3.63) is 94.5 Å². The average molecular weight is 384 g/mol. The molecule has 136 valence electrons. The highest BCUT2D eigenvalue weighted by atomic mass is 35.5. The number of pyridine rings is 1. The minimum Gasteiger partial charge on any atom is -0.348 e. The van der Waals surface area contributed by atoms with Crippen LogP contribution in [0.25, 0.3) is 0 Å². The summed E-state index contributed by atoms with van der Waals surface area (Å²) in [5, 5.41) is 5.31. The third-order valence-electron chi connectivity index (χ3n) is 3.74. The third kappa shape index (κ3) is 4.89. The van der Waals surface area contributed by atoms with E-state index in [2.05, 4.69) is 15.6 Å². The maximum Gasteiger partial charge on any atom is 0.255 e. The van der Waals surface area contributed by atoms with Gasteiger partial charge in [-0.3, -0.25) is 14.6 Å². The molecular formula is C20H15ClFN3O2. The van der Waals surface area contributed by atoms with E-state index in [-0.39, 0.29) is 10.9 Å². The smallest absolute Gasteiger partial charge is 0.255 e. The Labute approximate surface area is 160 Å². The van der Waals surface area contributed by atoms with Crippen molar-refractivity contribution >= 4 is 29.1 Å². The van der Waals surface area contributed by atoms with Crippen molar-refractivity contribution < 1.29 is 14.0 Å². The van der Waals surface area contributed by atoms with Crippen LogP contribution in [0.3, 0.4) is 0 Å². The van der Waals surface area contributed by atoms with E-state index in [1.54, 1.807) is 36.7 Å². The van der Waals surface area contributed by atoms with Crippen LogP contribution in [-0.4, -0.2) is 16.8 Å². The Bertz CT molecular complexity index is 980. The highest BCUT2D eigenvalue weighted by Crippen LogP contribution is 2.20. The molecule has 2 amide bonds. The van der Waals surface area contributed by atoms with Gasteiger partial charge in [0.2, 0.25) is 0 Å². The molecule has 3 rings (SSSR count). The van der Waals surface area contributed by atoms with Gasteiger partial charge in [0.15, 0.2) is 0 Å². The second kappa shape index (κ2) is 8.42. The summed E-state index contributed by atoms with van der Waals surface area (Å²) < 4.78 is 13.2. The molecule has 0 spiro atoms. The van der Waals surface area contributed by atoms with E-state index in [9.17, 15) is 14.0 Å². The molecule has 0 bridgehead atoms. The Morgan fingerprint density at radius 1 is 1.00 bits per heavy atom. The van der Waals surface area contributed by atoms with E-state index in [1.165, 1.54) is 24.3 Å². The summed E-state index contributed by atoms with van der Waals surface area (Å²) in [5.74, 6) is -1.31. The van der Waals surface area contributed by atoms with Crippen LogP contribution in [0.5, 0.6) is 0 Å². The molecule has 5 nitrogen and oxygen atoms in total. The first-order valence-corrected chi connectivity index (χ1v) is 8.44. The summed E-state index contributed by atoms with van der Waals surface area (Å²) in [5.41, 5.74) is 1.87. The van der Waals surface area contributed by atoms with Crippen molar-refractivity contribution in [2.24, 2.45) is 0 Å². The zero-order valence-corrected chi connectivity index (χ0v) is 14.8. The first-order chi connectivity index (χ1) is 13.0. The molecule has 0 saturated heterocycles. The molecule has 0 unspecified atom stereocenters. The van der Waals surface area contributed by atoms with Gasteiger partial charge in [-0.2, -0.15) is 0 Å². The number of hydrogen-bond acceptors (Lipinski definition) is 3. The van der Waals surface area contributed by atoms with Crippen molar-refractivity contribution in [1.29, 1.82) is 0 Å². The summed E-state index contributed by atoms with van der Waals surface area (Å²) in [6, 6.07) is 13.8. The molecule has 3 aromatic rings. The lowest BCUT2D eigenvalue weighted by molar-refractivity contribution is 0.0951. The summed E-state index contributed by atoms with van der Waals surface area (Å²) in [7, 11) is 0. The van der Waals surface area contributed by atoms with Crippen molar-refractivity contribution in [2.75, 3.05) is 5.32 Å². The van der Waals surface area contributed by atoms with Crippen LogP contribution < -0.4 is 10.6 Å². The van der Waals surface area contributed by atoms with Gasteiger partial charge in [0, 0.05) is 35.8 Å². The van der Waals surface area contributed by atoms with Crippen LogP contribution in [0.1, 0.15) is 26.3 Å². The molecule has 2 aromatic carbocycles. The van der Waals surface area contributed by atoms with E-state index in [0.717, 1.165) is 5.56 Å². The topological polar surface area (TPSA) is 71.1 Å². The lowest BCUT2D eigenvalue weighted by Crippen LogP contribution is -2.23. The summed E-state index contributed by atoms with van der Waals surface area (Å²) in [6.45, 7) is 0.331. The molecule has 1 aromatic heterocycles. The number of carbonyl (C=O) groups excluding carboxylic acids is 2. The predicted octanol–water partition coefficient (Wildman–Crippen LogP) is 4.06. The largest absolute Gasteiger partial charge is 0.348 e. The number of aromatic nitrogens is 1. The molecule has 0 atom stereocenters. The molecule has 2 N–H and O–H groups in total. The fourth-order valence-corrected chi connectivity index (χ4v) is 2.55. The van der Waals surface area contributed by atoms with Gasteiger partial charge >= 0.3 is 0 Å². The monoisotopic (exact) mass is 383 g/mol. The van der Waals surface area contributed by atoms with Gasteiger partial charge in [-0.25, -0.2) is 4.39 Å². The lowest BCUT2D eigenvalue weighted by atomic mass is 10.1. The molecule has 0 aliphatic heterocycles. The molecule has 0 saturated carbocycles. The summed E-state index contributed by atoms with van der Waals surface area (Å²) in [4.78, 5) is 28.7. The lowest BCUT2D eigenvalue weighted by Gasteiger charge is -2.08. The predicted molar refractivity (Wildman–Crippen MR) is 101 cm³/mol. The number of anilines is 1. The van der Waals surface area contributed by atoms with Crippen molar-refractivity contribution in [1.82, 2.24) is 10.3 Å². The third-order valence-corrected chi connectivity index (χ3v) is 4.03. The Morgan fingerprint density at radius 3 is 2.48 bits per heavy atom. The van der Waals surface area contributed by atoms with Crippen molar-refractivity contribution in [3.8, 4) is 0 Å². The number of benzene rings is 2. The second-order valence-electron chi connectivity index (χ2n) is 5.71. The molecule has 0 aliphatic rings. The molecular weight excluding hydrogens is 369 g/mol. The van der Waals surface area contributed by atoms with Crippen LogP contribution in [-0.2, 0) is 6.54 Å². The van der Waals surface area contributed by atoms with Gasteiger partial charge in [0.1, 0.15) is 5.82 Å². The Kier molecular flexibility index (Phi) is 5.78. The molecule has 27 heavy (non-hydrogen) atoms. The maximum absolute atomic E-state index is 13.2. The molecule has 7 heteroatoms. The highest BCUT2D eigenvalue weighted by Gasteiger charge is 2.11. The Hall–Kier alpha value is -3.25. The number of amides is 2. The highest BCUT2D eigenvalue weighted by molar-refractivity contribution is 6.31. The van der Waals surface area contributed by atoms with E-state index < -0.39 is 11.7 Å². The second-order valence-corrected chi connectivity index (χ2v) is 6.11. The van der Waals surface area contributed by atoms with Gasteiger partial charge in [-0.1, -0.05) is 23.7 Å². The number of rotatable bonds is 5. The van der Waals surface area contributed by atoms with Crippen LogP contribution >= 0.6 is 11.6 Å². The van der Waals surface area contributed by atoms with E-state index >= 15 is 0 Å². The minimum atomic E-state index is -0.568. The fourth-order valence-electron chi connectivity index (χ4n) is 2.37. The van der Waals surface area contributed by atoms with Crippen LogP contribution in [0.2, 0.25) is 5.02 Å². The van der Waals surface area contributed by atoms with Crippen molar-refractivity contribution in [3.63, 3.8) is 0 Å². The number of halogens is 2. The first kappa shape index (κ1) is 18.5. The average Bonchev–Trinajstić information content (AvgIpc) is 2.70. The normalized spacial score (nSPS) is 10.3. The van der Waals surface area contributed by atoms with Crippen LogP contribution in [0, 0.1) is 5.82 Å². The first-order valence-electron chi connectivity index (χ1n) is 8.06. The van der Waals surface area contributed by atoms with E-state index in [1.807, 2.05) is 6.07 Å². The molecule has 1 heterocycles. The quantitative estimate of drug-likeness (QED) is 0.698. The Balaban J connectivity index is 1.67. The fraction of sp³-hybridized carbons (Fsp3) is 0.0500. The van der Waals surface area contributed by atoms with Gasteiger partial charge < -0.3 is 10.6 Å². The van der Waals surface area contributed by atoms with E-state index in [4.69, 9.17) is 11.6 Å². The molecule has 0 fully saturated rings. The van der Waals surface area contributed by atoms with Crippen LogP contribution in [0.4, 0.5) is 10.1 Å². The maximum atomic E-state index is 13.2. The van der Waals surface area contributed by atoms with Crippen molar-refractivity contribution in [2.45, 2.75) is 6.54 Å². The number of nitrogens with zero attached hydrogens (tertiary/aromatic N) is 1. The minimum absolute atomic E-state index is 0.0867. The molecule has 0 aliphatic carbocycles. The number of nitrogens with one attached hydrogen (secondary N) is 2. The SMILES string of the molecule is O=C(NCc1cccnc1)c1cccc(C(=O)Nc2ccc(F)c(Cl)c2)c1. The van der Waals surface area contributed by atoms with Crippen LogP contribution in [0.15, 0.2) is 67.0 Å². The summed E-state index contributed by atoms with van der Waals surface area (Å²) in [6.07, 6.45) is 3.32. The molecule has 0 radical (unpaired) electrons. The van der Waals surface area contributed by atoms with Gasteiger partial charge in [0.05, 0.1) is 5.02 Å². The standard InChI is InChI=1S/C20H15ClFN3O2/c21-17-10-16(6-7-18(17)22)25-20(27)15-5-1-4-14(9-15)19(26)24-12-13-3-2-8-23-11-13/h1-11H,12H2,(H,24,26)(H,25,27). The summed E-state index contributed by atoms with van der Waals surface area (Å²) >= 11 is 5.71. The zero-order valence-electron chi connectivity index (χ0n) is 14.1. The van der Waals surface area contributed by atoms with E-state index in [0.29, 0.717) is 23.4 Å². The number of hydrogen-bond donors (Lipinski definition) is 2. The van der Waals surface area contributed by atoms with Gasteiger partial charge in [-0.05, 0) is 48.0 Å². The van der Waals surface area contributed by atoms with Gasteiger partial charge in [0.25, 0.3) is 11.8 Å².